The summed E-state index contributed by atoms with van der Waals surface area (Å²) in [6, 6.07) is 17.1. The zero-order chi connectivity index (χ0) is 13.7. The molecule has 0 heterocycles. The molecule has 0 bridgehead atoms. The third-order valence-electron chi connectivity index (χ3n) is 3.06. The number of ether oxygens (including phenoxy) is 1. The minimum Gasteiger partial charge on any atom is -0.495 e. The predicted octanol–water partition coefficient (Wildman–Crippen LogP) is 3.44. The fourth-order valence-electron chi connectivity index (χ4n) is 1.88. The quantitative estimate of drug-likeness (QED) is 0.908. The van der Waals surface area contributed by atoms with E-state index in [0.717, 1.165) is 5.56 Å². The van der Waals surface area contributed by atoms with Crippen molar-refractivity contribution in [2.24, 2.45) is 0 Å². The molecule has 1 amide bonds. The number of hydrogen-bond acceptors (Lipinski definition) is 2. The van der Waals surface area contributed by atoms with Crippen molar-refractivity contribution in [1.82, 2.24) is 0 Å². The van der Waals surface area contributed by atoms with Gasteiger partial charge >= 0.3 is 0 Å². The number of anilines is 1. The largest absolute Gasteiger partial charge is 0.495 e. The van der Waals surface area contributed by atoms with E-state index in [1.807, 2.05) is 61.5 Å². The SMILES string of the molecule is COc1ccccc1NC(=O)[C@@H](C)c1ccccc1. The first-order chi connectivity index (χ1) is 9.22. The number of nitrogens with one attached hydrogen (secondary N) is 1. The first-order valence-corrected chi connectivity index (χ1v) is 6.21. The van der Waals surface area contributed by atoms with Crippen LogP contribution in [0.25, 0.3) is 0 Å². The number of amides is 1. The maximum absolute atomic E-state index is 12.2. The molecule has 0 fully saturated rings. The van der Waals surface area contributed by atoms with E-state index in [2.05, 4.69) is 5.32 Å². The molecule has 3 nitrogen and oxygen atoms in total. The van der Waals surface area contributed by atoms with Crippen molar-refractivity contribution in [2.45, 2.75) is 12.8 Å². The Kier molecular flexibility index (Phi) is 4.18. The van der Waals surface area contributed by atoms with Gasteiger partial charge < -0.3 is 10.1 Å². The summed E-state index contributed by atoms with van der Waals surface area (Å²) in [6.45, 7) is 1.89. The highest BCUT2D eigenvalue weighted by Gasteiger charge is 2.16. The Balaban J connectivity index is 2.13. The summed E-state index contributed by atoms with van der Waals surface area (Å²) in [5.41, 5.74) is 1.69. The van der Waals surface area contributed by atoms with Crippen LogP contribution in [0.1, 0.15) is 18.4 Å². The van der Waals surface area contributed by atoms with E-state index in [1.165, 1.54) is 0 Å². The van der Waals surface area contributed by atoms with Crippen LogP contribution in [-0.2, 0) is 4.79 Å². The van der Waals surface area contributed by atoms with Gasteiger partial charge in [-0.2, -0.15) is 0 Å². The number of benzene rings is 2. The third-order valence-corrected chi connectivity index (χ3v) is 3.06. The Morgan fingerprint density at radius 3 is 2.37 bits per heavy atom. The maximum Gasteiger partial charge on any atom is 0.231 e. The summed E-state index contributed by atoms with van der Waals surface area (Å²) in [5, 5.41) is 2.90. The van der Waals surface area contributed by atoms with Crippen LogP contribution in [0.4, 0.5) is 5.69 Å². The highest BCUT2D eigenvalue weighted by Crippen LogP contribution is 2.25. The zero-order valence-electron chi connectivity index (χ0n) is 11.1. The Hall–Kier alpha value is -2.29. The fourth-order valence-corrected chi connectivity index (χ4v) is 1.88. The fraction of sp³-hybridized carbons (Fsp3) is 0.188. The van der Waals surface area contributed by atoms with E-state index < -0.39 is 0 Å². The molecule has 2 aromatic carbocycles. The zero-order valence-corrected chi connectivity index (χ0v) is 11.1. The van der Waals surface area contributed by atoms with Crippen molar-refractivity contribution in [3.63, 3.8) is 0 Å². The predicted molar refractivity (Wildman–Crippen MR) is 76.5 cm³/mol. The first kappa shape index (κ1) is 13.1. The van der Waals surface area contributed by atoms with Gasteiger partial charge in [-0.1, -0.05) is 42.5 Å². The van der Waals surface area contributed by atoms with Gasteiger partial charge in [0.2, 0.25) is 5.91 Å². The molecule has 1 N–H and O–H groups in total. The van der Waals surface area contributed by atoms with Crippen LogP contribution in [0.5, 0.6) is 5.75 Å². The smallest absolute Gasteiger partial charge is 0.231 e. The highest BCUT2D eigenvalue weighted by molar-refractivity contribution is 5.96. The lowest BCUT2D eigenvalue weighted by molar-refractivity contribution is -0.117. The molecule has 0 aromatic heterocycles. The average molecular weight is 255 g/mol. The van der Waals surface area contributed by atoms with Gasteiger partial charge in [-0.25, -0.2) is 0 Å². The van der Waals surface area contributed by atoms with E-state index in [4.69, 9.17) is 4.74 Å². The molecule has 0 unspecified atom stereocenters. The molecule has 0 aliphatic rings. The molecule has 2 aromatic rings. The lowest BCUT2D eigenvalue weighted by atomic mass is 10.0. The van der Waals surface area contributed by atoms with Crippen LogP contribution in [0.2, 0.25) is 0 Å². The molecular formula is C16H17NO2. The van der Waals surface area contributed by atoms with Crippen LogP contribution >= 0.6 is 0 Å². The van der Waals surface area contributed by atoms with Crippen LogP contribution < -0.4 is 10.1 Å². The molecule has 0 aliphatic heterocycles. The van der Waals surface area contributed by atoms with Crippen LogP contribution in [0.15, 0.2) is 54.6 Å². The van der Waals surface area contributed by atoms with E-state index in [9.17, 15) is 4.79 Å². The van der Waals surface area contributed by atoms with Gasteiger partial charge in [0.1, 0.15) is 5.75 Å². The second kappa shape index (κ2) is 6.05. The molecule has 98 valence electrons. The standard InChI is InChI=1S/C16H17NO2/c1-12(13-8-4-3-5-9-13)16(18)17-14-10-6-7-11-15(14)19-2/h3-12H,1-2H3,(H,17,18)/t12-/m0/s1. The molecule has 19 heavy (non-hydrogen) atoms. The molecule has 0 aliphatic carbocycles. The molecule has 3 heteroatoms. The molecule has 0 saturated heterocycles. The van der Waals surface area contributed by atoms with E-state index in [1.54, 1.807) is 7.11 Å². The minimum atomic E-state index is -0.203. The maximum atomic E-state index is 12.2. The van der Waals surface area contributed by atoms with Crippen molar-refractivity contribution >= 4 is 11.6 Å². The minimum absolute atomic E-state index is 0.0456. The molecular weight excluding hydrogens is 238 g/mol. The van der Waals surface area contributed by atoms with Crippen molar-refractivity contribution in [2.75, 3.05) is 12.4 Å². The molecule has 0 radical (unpaired) electrons. The Morgan fingerprint density at radius 1 is 1.05 bits per heavy atom. The number of carbonyl (C=O) groups excluding carboxylic acids is 1. The topological polar surface area (TPSA) is 38.3 Å². The van der Waals surface area contributed by atoms with Crippen LogP contribution in [0, 0.1) is 0 Å². The monoisotopic (exact) mass is 255 g/mol. The Bertz CT molecular complexity index is 552. The molecule has 2 rings (SSSR count). The van der Waals surface area contributed by atoms with Crippen molar-refractivity contribution in [3.05, 3.63) is 60.2 Å². The normalized spacial score (nSPS) is 11.7. The lowest BCUT2D eigenvalue weighted by Gasteiger charge is -2.14. The Labute approximate surface area is 113 Å². The van der Waals surface area contributed by atoms with Crippen molar-refractivity contribution in [3.8, 4) is 5.75 Å². The highest BCUT2D eigenvalue weighted by atomic mass is 16.5. The van der Waals surface area contributed by atoms with Gasteiger partial charge in [-0.3, -0.25) is 4.79 Å². The molecule has 0 saturated carbocycles. The molecule has 0 spiro atoms. The van der Waals surface area contributed by atoms with Gasteiger partial charge in [-0.05, 0) is 24.6 Å². The number of para-hydroxylation sites is 2. The van der Waals surface area contributed by atoms with Gasteiger partial charge in [0, 0.05) is 0 Å². The number of hydrogen-bond donors (Lipinski definition) is 1. The second-order valence-electron chi connectivity index (χ2n) is 4.32. The summed E-state index contributed by atoms with van der Waals surface area (Å²) in [7, 11) is 1.59. The summed E-state index contributed by atoms with van der Waals surface area (Å²) < 4.78 is 5.22. The number of methoxy groups -OCH3 is 1. The Morgan fingerprint density at radius 2 is 1.68 bits per heavy atom. The second-order valence-corrected chi connectivity index (χ2v) is 4.32. The van der Waals surface area contributed by atoms with Gasteiger partial charge in [0.05, 0.1) is 18.7 Å². The van der Waals surface area contributed by atoms with Crippen molar-refractivity contribution in [1.29, 1.82) is 0 Å². The van der Waals surface area contributed by atoms with Crippen LogP contribution in [0.3, 0.4) is 0 Å². The van der Waals surface area contributed by atoms with Crippen molar-refractivity contribution < 1.29 is 9.53 Å². The lowest BCUT2D eigenvalue weighted by Crippen LogP contribution is -2.19. The third kappa shape index (κ3) is 3.13. The van der Waals surface area contributed by atoms with E-state index in [0.29, 0.717) is 11.4 Å². The summed E-state index contributed by atoms with van der Waals surface area (Å²) in [6.07, 6.45) is 0. The van der Waals surface area contributed by atoms with Crippen LogP contribution in [-0.4, -0.2) is 13.0 Å². The van der Waals surface area contributed by atoms with E-state index in [-0.39, 0.29) is 11.8 Å². The van der Waals surface area contributed by atoms with Gasteiger partial charge in [0.25, 0.3) is 0 Å². The molecule has 1 atom stereocenters. The van der Waals surface area contributed by atoms with Gasteiger partial charge in [-0.15, -0.1) is 0 Å². The first-order valence-electron chi connectivity index (χ1n) is 6.21. The summed E-state index contributed by atoms with van der Waals surface area (Å²) in [4.78, 5) is 12.2. The summed E-state index contributed by atoms with van der Waals surface area (Å²) in [5.74, 6) is 0.415. The number of carbonyl (C=O) groups is 1. The average Bonchev–Trinajstić information content (AvgIpc) is 2.48. The van der Waals surface area contributed by atoms with E-state index >= 15 is 0 Å². The van der Waals surface area contributed by atoms with Gasteiger partial charge in [0.15, 0.2) is 0 Å². The summed E-state index contributed by atoms with van der Waals surface area (Å²) >= 11 is 0. The number of rotatable bonds is 4.